The number of unbranched alkanes of at least 4 members (excludes halogenated alkanes) is 1. The van der Waals surface area contributed by atoms with Crippen LogP contribution in [0.5, 0.6) is 5.75 Å². The highest BCUT2D eigenvalue weighted by Gasteiger charge is 2.24. The van der Waals surface area contributed by atoms with Crippen LogP contribution in [0.4, 0.5) is 10.5 Å². The fourth-order valence-electron chi connectivity index (χ4n) is 5.65. The van der Waals surface area contributed by atoms with E-state index in [0.717, 1.165) is 65.8 Å². The minimum absolute atomic E-state index is 0.156. The summed E-state index contributed by atoms with van der Waals surface area (Å²) in [6, 6.07) is 23.2. The van der Waals surface area contributed by atoms with E-state index in [0.29, 0.717) is 12.3 Å². The lowest BCUT2D eigenvalue weighted by Crippen LogP contribution is -2.38. The van der Waals surface area contributed by atoms with Gasteiger partial charge in [-0.2, -0.15) is 0 Å². The molecule has 226 valence electrons. The van der Waals surface area contributed by atoms with E-state index in [2.05, 4.69) is 22.1 Å². The molecule has 0 radical (unpaired) electrons. The zero-order chi connectivity index (χ0) is 30.0. The number of rotatable bonds is 12. The van der Waals surface area contributed by atoms with Crippen molar-refractivity contribution in [2.24, 2.45) is 0 Å². The summed E-state index contributed by atoms with van der Waals surface area (Å²) < 4.78 is 13.6. The molecule has 1 heterocycles. The number of nitrogens with one attached hydrogen (secondary N) is 2. The van der Waals surface area contributed by atoms with Crippen LogP contribution < -0.4 is 15.4 Å². The molecule has 0 saturated heterocycles. The summed E-state index contributed by atoms with van der Waals surface area (Å²) in [5.74, 6) is 1.20. The predicted octanol–water partition coefficient (Wildman–Crippen LogP) is 7.56. The van der Waals surface area contributed by atoms with Gasteiger partial charge in [-0.25, -0.2) is 14.6 Å². The number of esters is 1. The van der Waals surface area contributed by atoms with E-state index in [1.54, 1.807) is 6.92 Å². The van der Waals surface area contributed by atoms with Crippen LogP contribution in [0, 0.1) is 0 Å². The molecule has 1 aliphatic rings. The van der Waals surface area contributed by atoms with Crippen LogP contribution in [-0.4, -0.2) is 34.2 Å². The smallest absolute Gasteiger partial charge is 0.352 e. The van der Waals surface area contributed by atoms with Crippen LogP contribution in [0.25, 0.3) is 11.0 Å². The Morgan fingerprint density at radius 3 is 2.47 bits per heavy atom. The quantitative estimate of drug-likeness (QED) is 0.168. The Hall–Kier alpha value is -4.33. The number of anilines is 1. The second-order valence-corrected chi connectivity index (χ2v) is 11.2. The third-order valence-electron chi connectivity index (χ3n) is 7.90. The van der Waals surface area contributed by atoms with Crippen molar-refractivity contribution in [1.29, 1.82) is 0 Å². The first-order chi connectivity index (χ1) is 21.0. The molecule has 0 aliphatic heterocycles. The summed E-state index contributed by atoms with van der Waals surface area (Å²) >= 11 is 0. The topological polar surface area (TPSA) is 94.5 Å². The van der Waals surface area contributed by atoms with Gasteiger partial charge in [0, 0.05) is 30.3 Å². The van der Waals surface area contributed by atoms with E-state index < -0.39 is 12.1 Å². The molecule has 0 spiro atoms. The molecule has 5 rings (SSSR count). The summed E-state index contributed by atoms with van der Waals surface area (Å²) in [7, 11) is 0. The first-order valence-electron chi connectivity index (χ1n) is 15.6. The van der Waals surface area contributed by atoms with Crippen molar-refractivity contribution in [3.63, 3.8) is 0 Å². The predicted molar refractivity (Wildman–Crippen MR) is 169 cm³/mol. The monoisotopic (exact) mass is 582 g/mol. The average Bonchev–Trinajstić information content (AvgIpc) is 3.36. The van der Waals surface area contributed by atoms with Crippen molar-refractivity contribution in [3.8, 4) is 5.75 Å². The van der Waals surface area contributed by atoms with Gasteiger partial charge < -0.3 is 24.7 Å². The molecule has 1 aromatic heterocycles. The normalized spacial score (nSPS) is 14.3. The third-order valence-corrected chi connectivity index (χ3v) is 7.90. The number of carbonyl (C=O) groups is 2. The van der Waals surface area contributed by atoms with Gasteiger partial charge in [0.2, 0.25) is 6.10 Å². The lowest BCUT2D eigenvalue weighted by molar-refractivity contribution is -0.151. The number of amides is 2. The Kier molecular flexibility index (Phi) is 10.3. The number of fused-ring (bicyclic) bond motifs is 1. The van der Waals surface area contributed by atoms with Gasteiger partial charge in [0.1, 0.15) is 11.6 Å². The van der Waals surface area contributed by atoms with Gasteiger partial charge in [-0.05, 0) is 62.1 Å². The maximum absolute atomic E-state index is 12.7. The molecule has 2 amide bonds. The Labute approximate surface area is 253 Å². The summed E-state index contributed by atoms with van der Waals surface area (Å²) in [6.07, 6.45) is 7.84. The number of hydrogen-bond donors (Lipinski definition) is 2. The van der Waals surface area contributed by atoms with Crippen molar-refractivity contribution >= 4 is 28.7 Å². The van der Waals surface area contributed by atoms with Crippen molar-refractivity contribution in [2.75, 3.05) is 11.9 Å². The molecular formula is C35H42N4O4. The number of ether oxygens (including phenoxy) is 2. The van der Waals surface area contributed by atoms with Gasteiger partial charge in [0.15, 0.2) is 0 Å². The van der Waals surface area contributed by atoms with Crippen molar-refractivity contribution < 1.29 is 19.1 Å². The highest BCUT2D eigenvalue weighted by atomic mass is 16.6. The minimum atomic E-state index is -0.835. The molecule has 3 aromatic carbocycles. The number of benzene rings is 3. The van der Waals surface area contributed by atoms with Crippen molar-refractivity contribution in [3.05, 3.63) is 89.7 Å². The molecule has 0 bridgehead atoms. The largest absolute Gasteiger partial charge is 0.474 e. The molecule has 4 aromatic rings. The van der Waals surface area contributed by atoms with Gasteiger partial charge in [0.05, 0.1) is 17.6 Å². The van der Waals surface area contributed by atoms with Gasteiger partial charge in [-0.15, -0.1) is 0 Å². The Morgan fingerprint density at radius 2 is 1.74 bits per heavy atom. The highest BCUT2D eigenvalue weighted by Crippen LogP contribution is 2.26. The second kappa shape index (κ2) is 14.7. The number of aryl methyl sites for hydroxylation is 1. The zero-order valence-electron chi connectivity index (χ0n) is 25.2. The van der Waals surface area contributed by atoms with Crippen LogP contribution >= 0.6 is 0 Å². The second-order valence-electron chi connectivity index (χ2n) is 11.2. The summed E-state index contributed by atoms with van der Waals surface area (Å²) in [4.78, 5) is 30.3. The Morgan fingerprint density at radius 1 is 0.977 bits per heavy atom. The van der Waals surface area contributed by atoms with Crippen molar-refractivity contribution in [1.82, 2.24) is 14.9 Å². The molecular weight excluding hydrogens is 540 g/mol. The van der Waals surface area contributed by atoms with E-state index in [-0.39, 0.29) is 18.7 Å². The number of imidazole rings is 1. The molecule has 1 unspecified atom stereocenters. The lowest BCUT2D eigenvalue weighted by atomic mass is 9.96. The van der Waals surface area contributed by atoms with Gasteiger partial charge in [-0.1, -0.05) is 75.1 Å². The Balaban J connectivity index is 1.31. The summed E-state index contributed by atoms with van der Waals surface area (Å²) in [5, 5.41) is 6.12. The number of hydrogen-bond acceptors (Lipinski definition) is 5. The number of carbonyl (C=O) groups excluding carboxylic acids is 2. The Bertz CT molecular complexity index is 1490. The first kappa shape index (κ1) is 30.1. The molecule has 1 aliphatic carbocycles. The van der Waals surface area contributed by atoms with E-state index in [1.165, 1.54) is 19.3 Å². The molecule has 1 fully saturated rings. The highest BCUT2D eigenvalue weighted by molar-refractivity contribution is 5.92. The van der Waals surface area contributed by atoms with Crippen molar-refractivity contribution in [2.45, 2.75) is 83.9 Å². The fourth-order valence-corrected chi connectivity index (χ4v) is 5.65. The van der Waals surface area contributed by atoms with Crippen LogP contribution in [0.3, 0.4) is 0 Å². The van der Waals surface area contributed by atoms with Gasteiger partial charge in [-0.3, -0.25) is 0 Å². The number of aromatic nitrogens is 2. The summed E-state index contributed by atoms with van der Waals surface area (Å²) in [5.41, 5.74) is 4.46. The van der Waals surface area contributed by atoms with Crippen LogP contribution in [0.1, 0.15) is 81.8 Å². The average molecular weight is 583 g/mol. The maximum Gasteiger partial charge on any atom is 0.352 e. The third kappa shape index (κ3) is 7.95. The van der Waals surface area contributed by atoms with Crippen LogP contribution in [0.15, 0.2) is 72.8 Å². The first-order valence-corrected chi connectivity index (χ1v) is 15.6. The fraction of sp³-hybridized carbons (Fsp3) is 0.400. The SMILES string of the molecule is CCCCc1nc2cc(NC(=O)NC3CCCCC3)ccc2n1Cc1ccc(OC(C(=O)OCC)c2ccccc2)cc1. The minimum Gasteiger partial charge on any atom is -0.474 e. The van der Waals surface area contributed by atoms with E-state index >= 15 is 0 Å². The molecule has 8 heteroatoms. The summed E-state index contributed by atoms with van der Waals surface area (Å²) in [6.45, 7) is 4.90. The van der Waals surface area contributed by atoms with E-state index in [4.69, 9.17) is 14.5 Å². The molecule has 1 atom stereocenters. The molecule has 2 N–H and O–H groups in total. The maximum atomic E-state index is 12.7. The molecule has 8 nitrogen and oxygen atoms in total. The molecule has 1 saturated carbocycles. The lowest BCUT2D eigenvalue weighted by Gasteiger charge is -2.22. The van der Waals surface area contributed by atoms with Crippen LogP contribution in [0.2, 0.25) is 0 Å². The zero-order valence-corrected chi connectivity index (χ0v) is 25.2. The number of nitrogens with zero attached hydrogens (tertiary/aromatic N) is 2. The van der Waals surface area contributed by atoms with E-state index in [1.807, 2.05) is 72.8 Å². The van der Waals surface area contributed by atoms with E-state index in [9.17, 15) is 9.59 Å². The van der Waals surface area contributed by atoms with Gasteiger partial charge >= 0.3 is 12.0 Å². The standard InChI is InChI=1S/C35H42N4O4/c1-3-5-16-32-38-30-23-28(37-35(41)36-27-14-10-7-11-15-27)19-22-31(30)39(32)24-25-17-20-29(21-18-25)43-33(34(40)42-4-2)26-12-8-6-9-13-26/h6,8-9,12-13,17-23,27,33H,3-5,7,10-11,14-16,24H2,1-2H3,(H2,36,37,41). The molecule has 43 heavy (non-hydrogen) atoms. The van der Waals surface area contributed by atoms with Crippen LogP contribution in [-0.2, 0) is 22.5 Å². The van der Waals surface area contributed by atoms with Gasteiger partial charge in [0.25, 0.3) is 0 Å². The number of urea groups is 1.